The Bertz CT molecular complexity index is 645. The van der Waals surface area contributed by atoms with Gasteiger partial charge in [-0.1, -0.05) is 6.07 Å². The first-order chi connectivity index (χ1) is 9.58. The summed E-state index contributed by atoms with van der Waals surface area (Å²) in [5, 5.41) is 10.6. The van der Waals surface area contributed by atoms with Crippen LogP contribution in [0.15, 0.2) is 18.2 Å². The fourth-order valence-corrected chi connectivity index (χ4v) is 2.54. The second-order valence-electron chi connectivity index (χ2n) is 5.22. The van der Waals surface area contributed by atoms with Gasteiger partial charge in [0.1, 0.15) is 19.3 Å². The maximum Gasteiger partial charge on any atom is 0.161 e. The minimum atomic E-state index is -0.682. The number of benzene rings is 1. The molecule has 0 bridgehead atoms. The molecule has 106 valence electrons. The Kier molecular flexibility index (Phi) is 3.18. The van der Waals surface area contributed by atoms with Crippen LogP contribution >= 0.6 is 0 Å². The summed E-state index contributed by atoms with van der Waals surface area (Å²) in [6, 6.07) is 5.58. The van der Waals surface area contributed by atoms with Crippen molar-refractivity contribution < 1.29 is 14.6 Å². The zero-order valence-corrected chi connectivity index (χ0v) is 12.0. The van der Waals surface area contributed by atoms with Crippen LogP contribution in [0.4, 0.5) is 0 Å². The summed E-state index contributed by atoms with van der Waals surface area (Å²) in [5.41, 5.74) is 5.03. The highest BCUT2D eigenvalue weighted by atomic mass is 16.6. The van der Waals surface area contributed by atoms with E-state index in [9.17, 15) is 5.11 Å². The lowest BCUT2D eigenvalue weighted by atomic mass is 10.0. The molecule has 0 spiro atoms. The third kappa shape index (κ3) is 2.06. The highest BCUT2D eigenvalue weighted by molar-refractivity contribution is 5.47. The molecule has 1 aliphatic rings. The quantitative estimate of drug-likeness (QED) is 0.884. The van der Waals surface area contributed by atoms with Crippen LogP contribution < -0.4 is 9.47 Å². The van der Waals surface area contributed by atoms with Gasteiger partial charge >= 0.3 is 0 Å². The largest absolute Gasteiger partial charge is 0.486 e. The number of fused-ring (bicyclic) bond motifs is 1. The molecule has 1 aromatic heterocycles. The number of hydrogen-bond acceptors (Lipinski definition) is 3. The van der Waals surface area contributed by atoms with Gasteiger partial charge in [-0.05, 0) is 49.6 Å². The number of ether oxygens (including phenoxy) is 2. The molecule has 0 fully saturated rings. The van der Waals surface area contributed by atoms with Gasteiger partial charge in [-0.2, -0.15) is 0 Å². The van der Waals surface area contributed by atoms with Gasteiger partial charge in [-0.3, -0.25) is 0 Å². The van der Waals surface area contributed by atoms with Crippen molar-refractivity contribution >= 4 is 0 Å². The Balaban J connectivity index is 1.97. The molecule has 2 aromatic rings. The van der Waals surface area contributed by atoms with E-state index in [0.717, 1.165) is 28.3 Å². The van der Waals surface area contributed by atoms with Crippen molar-refractivity contribution in [3.05, 3.63) is 46.3 Å². The molecule has 2 heterocycles. The molecule has 1 atom stereocenters. The predicted octanol–water partition coefficient (Wildman–Crippen LogP) is 2.79. The lowest BCUT2D eigenvalue weighted by Gasteiger charge is -2.20. The number of H-pyrrole nitrogens is 1. The molecule has 20 heavy (non-hydrogen) atoms. The molecule has 4 heteroatoms. The second kappa shape index (κ2) is 4.87. The van der Waals surface area contributed by atoms with Crippen molar-refractivity contribution in [2.75, 3.05) is 13.2 Å². The van der Waals surface area contributed by atoms with Gasteiger partial charge in [0.2, 0.25) is 0 Å². The van der Waals surface area contributed by atoms with Crippen molar-refractivity contribution in [1.29, 1.82) is 0 Å². The second-order valence-corrected chi connectivity index (χ2v) is 5.22. The maximum atomic E-state index is 10.6. The molecule has 1 aliphatic heterocycles. The summed E-state index contributed by atoms with van der Waals surface area (Å²) in [7, 11) is 0. The first kappa shape index (κ1) is 13.1. The molecule has 0 amide bonds. The van der Waals surface area contributed by atoms with Crippen LogP contribution in [-0.4, -0.2) is 23.3 Å². The molecule has 1 aromatic carbocycles. The summed E-state index contributed by atoms with van der Waals surface area (Å²) in [4.78, 5) is 3.27. The van der Waals surface area contributed by atoms with E-state index in [1.807, 2.05) is 32.0 Å². The zero-order chi connectivity index (χ0) is 14.3. The first-order valence-corrected chi connectivity index (χ1v) is 6.81. The number of nitrogens with one attached hydrogen (secondary N) is 1. The third-order valence-corrected chi connectivity index (χ3v) is 4.01. The minimum Gasteiger partial charge on any atom is -0.486 e. The third-order valence-electron chi connectivity index (χ3n) is 4.01. The molecule has 0 saturated heterocycles. The number of rotatable bonds is 2. The molecule has 2 N–H and O–H groups in total. The van der Waals surface area contributed by atoms with E-state index in [4.69, 9.17) is 9.47 Å². The van der Waals surface area contributed by atoms with Crippen molar-refractivity contribution in [3.8, 4) is 11.5 Å². The smallest absolute Gasteiger partial charge is 0.161 e. The number of aromatic amines is 1. The fourth-order valence-electron chi connectivity index (χ4n) is 2.54. The average Bonchev–Trinajstić information content (AvgIpc) is 2.73. The summed E-state index contributed by atoms with van der Waals surface area (Å²) in [6.07, 6.45) is -0.682. The van der Waals surface area contributed by atoms with E-state index in [1.54, 1.807) is 0 Å². The van der Waals surface area contributed by atoms with Crippen LogP contribution in [-0.2, 0) is 0 Å². The Hall–Kier alpha value is -1.94. The van der Waals surface area contributed by atoms with Crippen LogP contribution in [0.5, 0.6) is 11.5 Å². The predicted molar refractivity (Wildman–Crippen MR) is 76.5 cm³/mol. The van der Waals surface area contributed by atoms with Crippen molar-refractivity contribution in [2.24, 2.45) is 0 Å². The van der Waals surface area contributed by atoms with Gasteiger partial charge in [0.25, 0.3) is 0 Å². The summed E-state index contributed by atoms with van der Waals surface area (Å²) in [5.74, 6) is 1.44. The Morgan fingerprint density at radius 3 is 2.40 bits per heavy atom. The standard InChI is InChI=1S/C16H19NO3/c1-9-10(2)15(17-11(9)3)16(18)12-4-5-13-14(8-12)20-7-6-19-13/h4-5,8,16-18H,6-7H2,1-3H3. The first-order valence-electron chi connectivity index (χ1n) is 6.81. The lowest BCUT2D eigenvalue weighted by molar-refractivity contribution is 0.169. The Morgan fingerprint density at radius 2 is 1.75 bits per heavy atom. The average molecular weight is 273 g/mol. The van der Waals surface area contributed by atoms with Gasteiger partial charge in [-0.25, -0.2) is 0 Å². The van der Waals surface area contributed by atoms with E-state index in [2.05, 4.69) is 11.9 Å². The molecule has 0 radical (unpaired) electrons. The Labute approximate surface area is 118 Å². The molecule has 3 rings (SSSR count). The van der Waals surface area contributed by atoms with Gasteiger partial charge < -0.3 is 19.6 Å². The highest BCUT2D eigenvalue weighted by Gasteiger charge is 2.20. The van der Waals surface area contributed by atoms with E-state index < -0.39 is 6.10 Å². The SMILES string of the molecule is Cc1[nH]c(C(O)c2ccc3c(c2)OCCO3)c(C)c1C. The van der Waals surface area contributed by atoms with E-state index in [0.29, 0.717) is 19.0 Å². The zero-order valence-electron chi connectivity index (χ0n) is 12.0. The van der Waals surface area contributed by atoms with Crippen LogP contribution in [0, 0.1) is 20.8 Å². The van der Waals surface area contributed by atoms with Gasteiger partial charge in [0.05, 0.1) is 5.69 Å². The van der Waals surface area contributed by atoms with E-state index >= 15 is 0 Å². The van der Waals surface area contributed by atoms with Crippen LogP contribution in [0.25, 0.3) is 0 Å². The van der Waals surface area contributed by atoms with Crippen molar-refractivity contribution in [1.82, 2.24) is 4.98 Å². The monoisotopic (exact) mass is 273 g/mol. The highest BCUT2D eigenvalue weighted by Crippen LogP contribution is 2.35. The lowest BCUT2D eigenvalue weighted by Crippen LogP contribution is -2.15. The molecule has 4 nitrogen and oxygen atoms in total. The molecular formula is C16H19NO3. The Morgan fingerprint density at radius 1 is 1.05 bits per heavy atom. The van der Waals surface area contributed by atoms with Gasteiger partial charge in [0, 0.05) is 5.69 Å². The van der Waals surface area contributed by atoms with Crippen LogP contribution in [0.3, 0.4) is 0 Å². The van der Waals surface area contributed by atoms with Gasteiger partial charge in [-0.15, -0.1) is 0 Å². The topological polar surface area (TPSA) is 54.5 Å². The summed E-state index contributed by atoms with van der Waals surface area (Å²) >= 11 is 0. The van der Waals surface area contributed by atoms with Crippen molar-refractivity contribution in [3.63, 3.8) is 0 Å². The van der Waals surface area contributed by atoms with Crippen LogP contribution in [0.1, 0.15) is 34.2 Å². The molecule has 1 unspecified atom stereocenters. The number of aliphatic hydroxyl groups excluding tert-OH is 1. The number of hydrogen-bond donors (Lipinski definition) is 2. The van der Waals surface area contributed by atoms with Crippen molar-refractivity contribution in [2.45, 2.75) is 26.9 Å². The van der Waals surface area contributed by atoms with Crippen LogP contribution in [0.2, 0.25) is 0 Å². The molecular weight excluding hydrogens is 254 g/mol. The molecule has 0 saturated carbocycles. The maximum absolute atomic E-state index is 10.6. The normalized spacial score (nSPS) is 15.2. The number of aryl methyl sites for hydroxylation is 1. The van der Waals surface area contributed by atoms with E-state index in [1.165, 1.54) is 5.56 Å². The minimum absolute atomic E-state index is 0.548. The summed E-state index contributed by atoms with van der Waals surface area (Å²) in [6.45, 7) is 7.22. The number of aromatic nitrogens is 1. The van der Waals surface area contributed by atoms with Gasteiger partial charge in [0.15, 0.2) is 11.5 Å². The van der Waals surface area contributed by atoms with E-state index in [-0.39, 0.29) is 0 Å². The molecule has 0 aliphatic carbocycles. The fraction of sp³-hybridized carbons (Fsp3) is 0.375. The summed E-state index contributed by atoms with van der Waals surface area (Å²) < 4.78 is 11.1. The number of aliphatic hydroxyl groups is 1.